The molecule has 2 aliphatic heterocycles. The Morgan fingerprint density at radius 2 is 1.74 bits per heavy atom. The summed E-state index contributed by atoms with van der Waals surface area (Å²) in [7, 11) is 1.65. The third-order valence-corrected chi connectivity index (χ3v) is 9.43. The van der Waals surface area contributed by atoms with Gasteiger partial charge < -0.3 is 30.5 Å². The number of likely N-dealkylation sites (tertiary alicyclic amines) is 1. The summed E-state index contributed by atoms with van der Waals surface area (Å²) in [5.74, 6) is 0.604. The number of benzene rings is 3. The van der Waals surface area contributed by atoms with Crippen LogP contribution in [0.5, 0.6) is 0 Å². The number of piperidine rings is 1. The number of aryl methyl sites for hydroxylation is 1. The number of nitrogens with two attached hydrogens (primary N) is 1. The standard InChI is InChI=1S/C36H38N6O4/c1-40-20-31(39-33(36(40)46)38-27-10-7-23(8-11-27)34(44)41-16-14-26(37)15-17-41)29-3-2-4-32(30(29)21-43)42-18-13-25-19-24(22-5-6-22)9-12-28(25)35(42)45/h2-4,7-12,19-20,22,26,43H,5-6,13-18,21,37H2,1H3,(H,38,39). The molecule has 0 unspecified atom stereocenters. The molecule has 1 aromatic heterocycles. The summed E-state index contributed by atoms with van der Waals surface area (Å²) in [5, 5.41) is 13.7. The predicted molar refractivity (Wildman–Crippen MR) is 177 cm³/mol. The van der Waals surface area contributed by atoms with E-state index in [1.807, 2.05) is 29.2 Å². The Morgan fingerprint density at radius 1 is 0.978 bits per heavy atom. The number of nitrogens with zero attached hydrogens (tertiary/aromatic N) is 4. The maximum atomic E-state index is 13.7. The van der Waals surface area contributed by atoms with E-state index in [1.54, 1.807) is 42.4 Å². The number of carbonyl (C=O) groups is 2. The Bertz CT molecular complexity index is 1870. The molecule has 1 aliphatic carbocycles. The number of aliphatic hydroxyl groups is 1. The number of amides is 2. The van der Waals surface area contributed by atoms with Crippen molar-refractivity contribution in [2.24, 2.45) is 12.8 Å². The highest BCUT2D eigenvalue weighted by Gasteiger charge is 2.30. The second kappa shape index (κ2) is 12.2. The quantitative estimate of drug-likeness (QED) is 0.281. The predicted octanol–water partition coefficient (Wildman–Crippen LogP) is 4.33. The van der Waals surface area contributed by atoms with Gasteiger partial charge in [-0.3, -0.25) is 14.4 Å². The minimum Gasteiger partial charge on any atom is -0.392 e. The van der Waals surface area contributed by atoms with Crippen LogP contribution in [0, 0.1) is 0 Å². The molecule has 2 fully saturated rings. The van der Waals surface area contributed by atoms with Crippen molar-refractivity contribution in [2.45, 2.75) is 50.7 Å². The molecule has 4 aromatic rings. The lowest BCUT2D eigenvalue weighted by Crippen LogP contribution is -2.42. The average Bonchev–Trinajstić information content (AvgIpc) is 3.93. The normalized spacial score (nSPS) is 16.8. The third kappa shape index (κ3) is 5.70. The van der Waals surface area contributed by atoms with Crippen molar-refractivity contribution in [3.8, 4) is 11.3 Å². The van der Waals surface area contributed by atoms with Crippen LogP contribution < -0.4 is 21.5 Å². The van der Waals surface area contributed by atoms with E-state index in [9.17, 15) is 19.5 Å². The first-order valence-corrected chi connectivity index (χ1v) is 16.0. The monoisotopic (exact) mass is 618 g/mol. The van der Waals surface area contributed by atoms with Crippen LogP contribution in [0.15, 0.2) is 71.7 Å². The smallest absolute Gasteiger partial charge is 0.293 e. The number of hydrogen-bond acceptors (Lipinski definition) is 7. The largest absolute Gasteiger partial charge is 0.392 e. The zero-order valence-corrected chi connectivity index (χ0v) is 25.9. The Labute approximate surface area is 267 Å². The van der Waals surface area contributed by atoms with Crippen molar-refractivity contribution in [3.05, 3.63) is 105 Å². The minimum absolute atomic E-state index is 0.0374. The van der Waals surface area contributed by atoms with E-state index in [4.69, 9.17) is 5.73 Å². The van der Waals surface area contributed by atoms with Crippen LogP contribution in [0.1, 0.15) is 69.0 Å². The molecule has 2 amide bonds. The first-order chi connectivity index (χ1) is 22.3. The van der Waals surface area contributed by atoms with Crippen LogP contribution in [0.4, 0.5) is 17.2 Å². The molecule has 1 saturated carbocycles. The van der Waals surface area contributed by atoms with Crippen LogP contribution in [0.3, 0.4) is 0 Å². The van der Waals surface area contributed by atoms with Crippen LogP contribution in [-0.2, 0) is 20.1 Å². The van der Waals surface area contributed by atoms with Crippen molar-refractivity contribution < 1.29 is 14.7 Å². The molecule has 7 rings (SSSR count). The van der Waals surface area contributed by atoms with Crippen LogP contribution in [0.25, 0.3) is 11.3 Å². The van der Waals surface area contributed by atoms with Gasteiger partial charge in [0.2, 0.25) is 0 Å². The van der Waals surface area contributed by atoms with Crippen molar-refractivity contribution in [2.75, 3.05) is 29.9 Å². The lowest BCUT2D eigenvalue weighted by Gasteiger charge is -2.31. The molecular formula is C36H38N6O4. The van der Waals surface area contributed by atoms with Gasteiger partial charge >= 0.3 is 0 Å². The lowest BCUT2D eigenvalue weighted by atomic mass is 9.93. The van der Waals surface area contributed by atoms with Crippen molar-refractivity contribution >= 4 is 29.0 Å². The van der Waals surface area contributed by atoms with Crippen LogP contribution >= 0.6 is 0 Å². The number of aliphatic hydroxyl groups excluding tert-OH is 1. The molecule has 236 valence electrons. The van der Waals surface area contributed by atoms with E-state index >= 15 is 0 Å². The highest BCUT2D eigenvalue weighted by atomic mass is 16.3. The second-order valence-corrected chi connectivity index (χ2v) is 12.6. The zero-order valence-electron chi connectivity index (χ0n) is 25.9. The number of fused-ring (bicyclic) bond motifs is 1. The fourth-order valence-electron chi connectivity index (χ4n) is 6.58. The molecule has 3 aliphatic rings. The summed E-state index contributed by atoms with van der Waals surface area (Å²) in [6, 6.07) is 18.8. The van der Waals surface area contributed by atoms with Gasteiger partial charge in [-0.25, -0.2) is 4.98 Å². The van der Waals surface area contributed by atoms with Gasteiger partial charge in [0.05, 0.1) is 18.0 Å². The number of rotatable bonds is 7. The number of aromatic nitrogens is 2. The van der Waals surface area contributed by atoms with E-state index < -0.39 is 0 Å². The molecule has 0 atom stereocenters. The molecule has 3 heterocycles. The van der Waals surface area contributed by atoms with Gasteiger partial charge in [0.1, 0.15) is 0 Å². The molecule has 0 radical (unpaired) electrons. The SMILES string of the molecule is Cn1cc(-c2cccc(N3CCc4cc(C5CC5)ccc4C3=O)c2CO)nc(Nc2ccc(C(=O)N3CCC(N)CC3)cc2)c1=O. The number of carbonyl (C=O) groups excluding carboxylic acids is 2. The molecule has 4 N–H and O–H groups in total. The Hall–Kier alpha value is -4.80. The molecule has 10 nitrogen and oxygen atoms in total. The number of nitrogens with one attached hydrogen (secondary N) is 1. The first kappa shape index (κ1) is 29.9. The molecular weight excluding hydrogens is 580 g/mol. The van der Waals surface area contributed by atoms with E-state index in [0.29, 0.717) is 64.9 Å². The zero-order chi connectivity index (χ0) is 31.9. The second-order valence-electron chi connectivity index (χ2n) is 12.6. The summed E-state index contributed by atoms with van der Waals surface area (Å²) in [5.41, 5.74) is 12.2. The van der Waals surface area contributed by atoms with Gasteiger partial charge in [-0.2, -0.15) is 0 Å². The van der Waals surface area contributed by atoms with Crippen molar-refractivity contribution in [1.29, 1.82) is 0 Å². The molecule has 3 aromatic carbocycles. The van der Waals surface area contributed by atoms with E-state index in [2.05, 4.69) is 22.4 Å². The first-order valence-electron chi connectivity index (χ1n) is 16.0. The Morgan fingerprint density at radius 3 is 2.46 bits per heavy atom. The average molecular weight is 619 g/mol. The molecule has 46 heavy (non-hydrogen) atoms. The number of hydrogen-bond donors (Lipinski definition) is 3. The fourth-order valence-corrected chi connectivity index (χ4v) is 6.58. The van der Waals surface area contributed by atoms with E-state index in [1.165, 1.54) is 23.0 Å². The van der Waals surface area contributed by atoms with Crippen LogP contribution in [-0.4, -0.2) is 57.0 Å². The van der Waals surface area contributed by atoms with Crippen molar-refractivity contribution in [3.63, 3.8) is 0 Å². The van der Waals surface area contributed by atoms with Gasteiger partial charge in [-0.1, -0.05) is 24.3 Å². The third-order valence-electron chi connectivity index (χ3n) is 9.43. The topological polar surface area (TPSA) is 134 Å². The van der Waals surface area contributed by atoms with Gasteiger partial charge in [-0.15, -0.1) is 0 Å². The molecule has 0 bridgehead atoms. The maximum absolute atomic E-state index is 13.7. The number of anilines is 3. The maximum Gasteiger partial charge on any atom is 0.293 e. The molecule has 10 heteroatoms. The summed E-state index contributed by atoms with van der Waals surface area (Å²) in [4.78, 5) is 48.0. The minimum atomic E-state index is -0.330. The highest BCUT2D eigenvalue weighted by Crippen LogP contribution is 2.41. The van der Waals surface area contributed by atoms with E-state index in [-0.39, 0.29) is 35.8 Å². The van der Waals surface area contributed by atoms with Crippen molar-refractivity contribution in [1.82, 2.24) is 14.5 Å². The highest BCUT2D eigenvalue weighted by molar-refractivity contribution is 6.09. The summed E-state index contributed by atoms with van der Waals surface area (Å²) in [6.07, 6.45) is 6.38. The summed E-state index contributed by atoms with van der Waals surface area (Å²) >= 11 is 0. The molecule has 1 saturated heterocycles. The van der Waals surface area contributed by atoms with E-state index in [0.717, 1.165) is 24.8 Å². The summed E-state index contributed by atoms with van der Waals surface area (Å²) in [6.45, 7) is 1.48. The van der Waals surface area contributed by atoms with Gasteiger partial charge in [0.25, 0.3) is 17.4 Å². The Balaban J connectivity index is 1.15. The fraction of sp³-hybridized carbons (Fsp3) is 0.333. The Kier molecular flexibility index (Phi) is 7.92. The summed E-state index contributed by atoms with van der Waals surface area (Å²) < 4.78 is 1.44. The van der Waals surface area contributed by atoms with Crippen LogP contribution in [0.2, 0.25) is 0 Å². The molecule has 0 spiro atoms. The van der Waals surface area contributed by atoms with Gasteiger partial charge in [0.15, 0.2) is 5.82 Å². The lowest BCUT2D eigenvalue weighted by molar-refractivity contribution is 0.0714. The van der Waals surface area contributed by atoms with Gasteiger partial charge in [-0.05, 0) is 85.5 Å². The van der Waals surface area contributed by atoms with Gasteiger partial charge in [0, 0.05) is 66.9 Å².